The number of benzene rings is 1. The van der Waals surface area contributed by atoms with E-state index in [1.807, 2.05) is 12.1 Å². The predicted octanol–water partition coefficient (Wildman–Crippen LogP) is 2.72. The number of ether oxygens (including phenoxy) is 1. The average Bonchev–Trinajstić information content (AvgIpc) is 3.37. The summed E-state index contributed by atoms with van der Waals surface area (Å²) in [5.74, 6) is 6.69. The number of hydrogen-bond donors (Lipinski definition) is 1. The Morgan fingerprint density at radius 3 is 2.80 bits per heavy atom. The summed E-state index contributed by atoms with van der Waals surface area (Å²) in [6.07, 6.45) is 3.23. The first-order valence-corrected chi connectivity index (χ1v) is 10.5. The van der Waals surface area contributed by atoms with E-state index in [0.717, 1.165) is 51.1 Å². The summed E-state index contributed by atoms with van der Waals surface area (Å²) in [4.78, 5) is 20.0. The lowest BCUT2D eigenvalue weighted by atomic mass is 9.78. The van der Waals surface area contributed by atoms with Gasteiger partial charge in [0, 0.05) is 37.3 Å². The molecule has 2 saturated heterocycles. The van der Waals surface area contributed by atoms with Crippen LogP contribution in [0.25, 0.3) is 11.0 Å². The summed E-state index contributed by atoms with van der Waals surface area (Å²) in [7, 11) is 1.76. The molecule has 0 bridgehead atoms. The van der Waals surface area contributed by atoms with Crippen molar-refractivity contribution in [2.45, 2.75) is 19.3 Å². The summed E-state index contributed by atoms with van der Waals surface area (Å²) in [6.45, 7) is 3.43. The normalized spacial score (nSPS) is 18.0. The summed E-state index contributed by atoms with van der Waals surface area (Å²) < 4.78 is 7.22. The van der Waals surface area contributed by atoms with Gasteiger partial charge in [-0.3, -0.25) is 14.5 Å². The smallest absolute Gasteiger partial charge is 0.267 e. The van der Waals surface area contributed by atoms with E-state index in [1.54, 1.807) is 23.7 Å². The van der Waals surface area contributed by atoms with Crippen molar-refractivity contribution in [2.24, 2.45) is 12.5 Å². The third-order valence-electron chi connectivity index (χ3n) is 6.22. The van der Waals surface area contributed by atoms with Crippen LogP contribution in [0.4, 0.5) is 5.95 Å². The second-order valence-electron chi connectivity index (χ2n) is 8.12. The molecule has 30 heavy (non-hydrogen) atoms. The van der Waals surface area contributed by atoms with Gasteiger partial charge in [-0.15, -0.1) is 0 Å². The third kappa shape index (κ3) is 3.36. The molecule has 0 aliphatic carbocycles. The van der Waals surface area contributed by atoms with Gasteiger partial charge >= 0.3 is 0 Å². The Labute approximate surface area is 179 Å². The third-order valence-corrected chi connectivity index (χ3v) is 6.46. The molecule has 154 valence electrons. The summed E-state index contributed by atoms with van der Waals surface area (Å²) in [6, 6.07) is 7.27. The van der Waals surface area contributed by atoms with E-state index in [1.165, 1.54) is 0 Å². The molecule has 0 amide bonds. The fraction of sp³-hybridized carbons (Fsp3) is 0.409. The SMILES string of the molecule is Cn1c(N2CCC3(CCOC3)CC2)nc2n[nH]c(C#Cc3cccc(Cl)c3)c2c1=O. The number of H-pyrrole nitrogens is 1. The van der Waals surface area contributed by atoms with Gasteiger partial charge in [0.15, 0.2) is 5.65 Å². The van der Waals surface area contributed by atoms with Crippen LogP contribution in [0.1, 0.15) is 30.5 Å². The van der Waals surface area contributed by atoms with Crippen molar-refractivity contribution in [3.05, 3.63) is 50.9 Å². The van der Waals surface area contributed by atoms with Gasteiger partial charge in [-0.05, 0) is 48.8 Å². The van der Waals surface area contributed by atoms with Crippen molar-refractivity contribution in [1.82, 2.24) is 19.7 Å². The van der Waals surface area contributed by atoms with Gasteiger partial charge in [0.1, 0.15) is 11.1 Å². The zero-order chi connectivity index (χ0) is 20.7. The molecule has 4 heterocycles. The molecule has 8 heteroatoms. The highest BCUT2D eigenvalue weighted by Crippen LogP contribution is 2.39. The topological polar surface area (TPSA) is 76.0 Å². The molecule has 0 unspecified atom stereocenters. The second-order valence-corrected chi connectivity index (χ2v) is 8.56. The van der Waals surface area contributed by atoms with Crippen LogP contribution in [-0.4, -0.2) is 46.1 Å². The minimum absolute atomic E-state index is 0.149. The Morgan fingerprint density at radius 1 is 1.23 bits per heavy atom. The quantitative estimate of drug-likeness (QED) is 0.609. The van der Waals surface area contributed by atoms with Crippen LogP contribution in [0, 0.1) is 17.3 Å². The molecular formula is C22H22ClN5O2. The summed E-state index contributed by atoms with van der Waals surface area (Å²) in [5.41, 5.74) is 1.78. The standard InChI is InChI=1S/C22H22ClN5O2/c1-27-20(29)18-17(6-5-15-3-2-4-16(23)13-15)25-26-19(18)24-21(27)28-10-7-22(8-11-28)9-12-30-14-22/h2-4,13H,7-12,14H2,1H3,(H,25,26). The molecule has 2 aromatic heterocycles. The first-order valence-electron chi connectivity index (χ1n) is 10.1. The van der Waals surface area contributed by atoms with Crippen LogP contribution in [0.2, 0.25) is 5.02 Å². The maximum Gasteiger partial charge on any atom is 0.267 e. The molecule has 0 saturated carbocycles. The van der Waals surface area contributed by atoms with Gasteiger partial charge in [0.25, 0.3) is 5.56 Å². The number of piperidine rings is 1. The lowest BCUT2D eigenvalue weighted by Gasteiger charge is -2.39. The molecular weight excluding hydrogens is 402 g/mol. The van der Waals surface area contributed by atoms with Crippen molar-refractivity contribution in [3.8, 4) is 11.8 Å². The second kappa shape index (κ2) is 7.46. The lowest BCUT2D eigenvalue weighted by molar-refractivity contribution is 0.133. The Hall–Kier alpha value is -2.82. The zero-order valence-electron chi connectivity index (χ0n) is 16.7. The summed E-state index contributed by atoms with van der Waals surface area (Å²) in [5, 5.41) is 8.15. The van der Waals surface area contributed by atoms with Gasteiger partial charge in [-0.2, -0.15) is 10.1 Å². The minimum Gasteiger partial charge on any atom is -0.381 e. The number of anilines is 1. The zero-order valence-corrected chi connectivity index (χ0v) is 17.5. The number of aromatic nitrogens is 4. The predicted molar refractivity (Wildman–Crippen MR) is 116 cm³/mol. The fourth-order valence-corrected chi connectivity index (χ4v) is 4.53. The number of nitrogens with one attached hydrogen (secondary N) is 1. The van der Waals surface area contributed by atoms with E-state index in [4.69, 9.17) is 21.3 Å². The lowest BCUT2D eigenvalue weighted by Crippen LogP contribution is -2.43. The number of hydrogen-bond acceptors (Lipinski definition) is 5. The van der Waals surface area contributed by atoms with Gasteiger partial charge < -0.3 is 9.64 Å². The Morgan fingerprint density at radius 2 is 2.07 bits per heavy atom. The first-order chi connectivity index (χ1) is 14.5. The number of nitrogens with zero attached hydrogens (tertiary/aromatic N) is 4. The average molecular weight is 424 g/mol. The summed E-state index contributed by atoms with van der Waals surface area (Å²) >= 11 is 6.01. The van der Waals surface area contributed by atoms with Crippen LogP contribution in [-0.2, 0) is 11.8 Å². The van der Waals surface area contributed by atoms with Crippen molar-refractivity contribution >= 4 is 28.6 Å². The van der Waals surface area contributed by atoms with Gasteiger partial charge in [-0.25, -0.2) is 0 Å². The molecule has 1 aromatic carbocycles. The van der Waals surface area contributed by atoms with Gasteiger partial charge in [0.2, 0.25) is 5.95 Å². The maximum atomic E-state index is 13.1. The highest BCUT2D eigenvalue weighted by atomic mass is 35.5. The van der Waals surface area contributed by atoms with Crippen LogP contribution in [0.3, 0.4) is 0 Å². The maximum absolute atomic E-state index is 13.1. The highest BCUT2D eigenvalue weighted by molar-refractivity contribution is 6.30. The largest absolute Gasteiger partial charge is 0.381 e. The molecule has 7 nitrogen and oxygen atoms in total. The molecule has 0 atom stereocenters. The molecule has 5 rings (SSSR count). The van der Waals surface area contributed by atoms with E-state index in [9.17, 15) is 4.79 Å². The van der Waals surface area contributed by atoms with Crippen molar-refractivity contribution in [2.75, 3.05) is 31.2 Å². The monoisotopic (exact) mass is 423 g/mol. The molecule has 2 aliphatic heterocycles. The first kappa shape index (κ1) is 19.2. The number of rotatable bonds is 1. The Bertz CT molecular complexity index is 1220. The molecule has 0 radical (unpaired) electrons. The van der Waals surface area contributed by atoms with Crippen LogP contribution in [0.15, 0.2) is 29.1 Å². The van der Waals surface area contributed by atoms with Crippen LogP contribution >= 0.6 is 11.6 Å². The Kier molecular flexibility index (Phi) is 4.76. The van der Waals surface area contributed by atoms with E-state index in [-0.39, 0.29) is 5.56 Å². The minimum atomic E-state index is -0.149. The molecule has 2 aliphatic rings. The molecule has 2 fully saturated rings. The number of halogens is 1. The molecule has 1 spiro atoms. The number of aromatic amines is 1. The highest BCUT2D eigenvalue weighted by Gasteiger charge is 2.38. The van der Waals surface area contributed by atoms with Crippen molar-refractivity contribution < 1.29 is 4.74 Å². The van der Waals surface area contributed by atoms with Crippen LogP contribution in [0.5, 0.6) is 0 Å². The van der Waals surface area contributed by atoms with E-state index in [0.29, 0.717) is 33.1 Å². The van der Waals surface area contributed by atoms with E-state index >= 15 is 0 Å². The van der Waals surface area contributed by atoms with Crippen molar-refractivity contribution in [1.29, 1.82) is 0 Å². The van der Waals surface area contributed by atoms with Gasteiger partial charge in [0.05, 0.1) is 6.61 Å². The fourth-order valence-electron chi connectivity index (χ4n) is 4.34. The van der Waals surface area contributed by atoms with Crippen molar-refractivity contribution in [3.63, 3.8) is 0 Å². The number of fused-ring (bicyclic) bond motifs is 1. The van der Waals surface area contributed by atoms with Gasteiger partial charge in [-0.1, -0.05) is 23.6 Å². The Balaban J connectivity index is 1.46. The van der Waals surface area contributed by atoms with E-state index in [2.05, 4.69) is 26.9 Å². The molecule has 1 N–H and O–H groups in total. The molecule has 3 aromatic rings. The van der Waals surface area contributed by atoms with Crippen LogP contribution < -0.4 is 10.5 Å². The van der Waals surface area contributed by atoms with E-state index < -0.39 is 0 Å².